The van der Waals surface area contributed by atoms with Crippen molar-refractivity contribution in [2.75, 3.05) is 0 Å². The van der Waals surface area contributed by atoms with E-state index >= 15 is 0 Å². The lowest BCUT2D eigenvalue weighted by molar-refractivity contribution is -0.142. The van der Waals surface area contributed by atoms with Gasteiger partial charge in [0.25, 0.3) is 0 Å². The molecule has 236 valence electrons. The number of carboxylic acids is 1. The SMILES string of the molecule is NC(=O)CCC(NC(=O)C(Cc1ccccc1)NC(=O)C(Cc1c[nH]c2ccccc12)NC(=O)C(N)Cc1cnc[nH]1)C(=O)O. The molecule has 10 N–H and O–H groups in total. The van der Waals surface area contributed by atoms with Gasteiger partial charge in [-0.05, 0) is 23.6 Å². The number of nitrogens with two attached hydrogens (primary N) is 2. The van der Waals surface area contributed by atoms with Gasteiger partial charge in [0.2, 0.25) is 23.6 Å². The molecule has 0 aliphatic rings. The summed E-state index contributed by atoms with van der Waals surface area (Å²) >= 11 is 0. The summed E-state index contributed by atoms with van der Waals surface area (Å²) in [5.41, 5.74) is 14.2. The number of fused-ring (bicyclic) bond motifs is 1. The fourth-order valence-electron chi connectivity index (χ4n) is 4.88. The van der Waals surface area contributed by atoms with Crippen LogP contribution < -0.4 is 27.4 Å². The highest BCUT2D eigenvalue weighted by Gasteiger charge is 2.31. The largest absolute Gasteiger partial charge is 0.480 e. The number of aromatic nitrogens is 3. The number of nitrogens with zero attached hydrogens (tertiary/aromatic N) is 1. The maximum atomic E-state index is 13.9. The van der Waals surface area contributed by atoms with Crippen LogP contribution in [0.3, 0.4) is 0 Å². The number of aromatic amines is 2. The highest BCUT2D eigenvalue weighted by Crippen LogP contribution is 2.19. The lowest BCUT2D eigenvalue weighted by Crippen LogP contribution is -2.58. The second kappa shape index (κ2) is 15.3. The van der Waals surface area contributed by atoms with Crippen LogP contribution in [0.1, 0.15) is 29.7 Å². The van der Waals surface area contributed by atoms with Gasteiger partial charge >= 0.3 is 5.97 Å². The lowest BCUT2D eigenvalue weighted by atomic mass is 10.0. The Hall–Kier alpha value is -5.50. The lowest BCUT2D eigenvalue weighted by Gasteiger charge is -2.25. The molecule has 0 spiro atoms. The number of carbonyl (C=O) groups is 5. The first-order valence-electron chi connectivity index (χ1n) is 14.3. The molecular formula is C31H36N8O6. The molecule has 2 aromatic heterocycles. The van der Waals surface area contributed by atoms with Crippen LogP contribution in [0.4, 0.5) is 0 Å². The van der Waals surface area contributed by atoms with Gasteiger partial charge in [-0.15, -0.1) is 0 Å². The number of benzene rings is 2. The van der Waals surface area contributed by atoms with Crippen molar-refractivity contribution >= 4 is 40.5 Å². The van der Waals surface area contributed by atoms with Gasteiger partial charge in [-0.2, -0.15) is 0 Å². The van der Waals surface area contributed by atoms with Crippen LogP contribution in [0, 0.1) is 0 Å². The van der Waals surface area contributed by atoms with Gasteiger partial charge in [0, 0.05) is 54.7 Å². The Bertz CT molecular complexity index is 1620. The zero-order chi connectivity index (χ0) is 32.3. The minimum absolute atomic E-state index is 0.0215. The van der Waals surface area contributed by atoms with E-state index in [2.05, 4.69) is 30.9 Å². The van der Waals surface area contributed by atoms with Gasteiger partial charge < -0.3 is 42.5 Å². The third-order valence-electron chi connectivity index (χ3n) is 7.27. The molecule has 4 unspecified atom stereocenters. The monoisotopic (exact) mass is 616 g/mol. The molecule has 0 saturated carbocycles. The summed E-state index contributed by atoms with van der Waals surface area (Å²) in [6, 6.07) is 11.5. The van der Waals surface area contributed by atoms with Crippen LogP contribution in [0.5, 0.6) is 0 Å². The highest BCUT2D eigenvalue weighted by atomic mass is 16.4. The second-order valence-electron chi connectivity index (χ2n) is 10.7. The number of carboxylic acid groups (broad SMARTS) is 1. The zero-order valence-electron chi connectivity index (χ0n) is 24.4. The van der Waals surface area contributed by atoms with Gasteiger partial charge in [-0.3, -0.25) is 19.2 Å². The van der Waals surface area contributed by atoms with E-state index in [0.717, 1.165) is 16.5 Å². The van der Waals surface area contributed by atoms with E-state index in [1.165, 1.54) is 6.33 Å². The minimum Gasteiger partial charge on any atom is -0.480 e. The fraction of sp³-hybridized carbons (Fsp3) is 0.290. The van der Waals surface area contributed by atoms with Crippen molar-refractivity contribution in [3.05, 3.63) is 90.1 Å². The number of H-pyrrole nitrogens is 2. The van der Waals surface area contributed by atoms with Gasteiger partial charge in [-0.1, -0.05) is 48.5 Å². The van der Waals surface area contributed by atoms with Crippen LogP contribution >= 0.6 is 0 Å². The summed E-state index contributed by atoms with van der Waals surface area (Å²) in [6.45, 7) is 0. The van der Waals surface area contributed by atoms with Gasteiger partial charge in [0.15, 0.2) is 0 Å². The van der Waals surface area contributed by atoms with Crippen LogP contribution in [0.2, 0.25) is 0 Å². The van der Waals surface area contributed by atoms with Gasteiger partial charge in [-0.25, -0.2) is 9.78 Å². The van der Waals surface area contributed by atoms with Crippen molar-refractivity contribution in [3.63, 3.8) is 0 Å². The Morgan fingerprint density at radius 1 is 0.800 bits per heavy atom. The molecule has 2 heterocycles. The molecule has 4 atom stereocenters. The van der Waals surface area contributed by atoms with Crippen LogP contribution in [0.25, 0.3) is 10.9 Å². The number of rotatable bonds is 16. The van der Waals surface area contributed by atoms with E-state index in [4.69, 9.17) is 11.5 Å². The molecule has 0 saturated heterocycles. The first kappa shape index (κ1) is 32.4. The van der Waals surface area contributed by atoms with E-state index in [1.807, 2.05) is 24.3 Å². The highest BCUT2D eigenvalue weighted by molar-refractivity contribution is 5.95. The number of nitrogens with one attached hydrogen (secondary N) is 5. The first-order chi connectivity index (χ1) is 21.6. The predicted octanol–water partition coefficient (Wildman–Crippen LogP) is 0.0507. The summed E-state index contributed by atoms with van der Waals surface area (Å²) in [5, 5.41) is 18.3. The molecule has 14 nitrogen and oxygen atoms in total. The summed E-state index contributed by atoms with van der Waals surface area (Å²) in [4.78, 5) is 73.5. The van der Waals surface area contributed by atoms with E-state index in [-0.39, 0.29) is 32.1 Å². The summed E-state index contributed by atoms with van der Waals surface area (Å²) < 4.78 is 0. The molecular weight excluding hydrogens is 580 g/mol. The molecule has 14 heteroatoms. The quantitative estimate of drug-likeness (QED) is 0.0854. The number of carbonyl (C=O) groups excluding carboxylic acids is 4. The number of hydrogen-bond acceptors (Lipinski definition) is 7. The van der Waals surface area contributed by atoms with E-state index in [9.17, 15) is 29.1 Å². The Morgan fingerprint density at radius 2 is 1.44 bits per heavy atom. The second-order valence-corrected chi connectivity index (χ2v) is 10.7. The molecule has 0 aliphatic heterocycles. The Balaban J connectivity index is 1.58. The van der Waals surface area contributed by atoms with Crippen LogP contribution in [-0.2, 0) is 43.2 Å². The average molecular weight is 617 g/mol. The first-order valence-corrected chi connectivity index (χ1v) is 14.3. The van der Waals surface area contributed by atoms with Crippen molar-refractivity contribution in [1.29, 1.82) is 0 Å². The third-order valence-corrected chi connectivity index (χ3v) is 7.27. The van der Waals surface area contributed by atoms with E-state index in [1.54, 1.807) is 42.7 Å². The Morgan fingerprint density at radius 3 is 2.11 bits per heavy atom. The molecule has 4 rings (SSSR count). The maximum absolute atomic E-state index is 13.9. The summed E-state index contributed by atoms with van der Waals surface area (Å²) in [6.07, 6.45) is 4.50. The number of hydrogen-bond donors (Lipinski definition) is 8. The number of amides is 4. The van der Waals surface area contributed by atoms with Crippen molar-refractivity contribution in [1.82, 2.24) is 30.9 Å². The zero-order valence-corrected chi connectivity index (χ0v) is 24.4. The number of primary amides is 1. The molecule has 45 heavy (non-hydrogen) atoms. The number of imidazole rings is 1. The topological polar surface area (TPSA) is 238 Å². The van der Waals surface area contributed by atoms with Crippen LogP contribution in [-0.4, -0.2) is 73.8 Å². The Labute approximate surface area is 258 Å². The molecule has 0 radical (unpaired) electrons. The maximum Gasteiger partial charge on any atom is 0.326 e. The predicted molar refractivity (Wildman–Crippen MR) is 164 cm³/mol. The molecule has 0 fully saturated rings. The van der Waals surface area contributed by atoms with E-state index in [0.29, 0.717) is 11.3 Å². The Kier molecular flexibility index (Phi) is 11.0. The molecule has 4 aromatic rings. The standard InChI is InChI=1S/C31H36N8O6/c32-22(14-20-16-34-17-36-20)28(41)38-26(13-19-15-35-23-9-5-4-8-21(19)23)30(43)39-25(12-18-6-2-1-3-7-18)29(42)37-24(31(44)45)10-11-27(33)40/h1-9,15-17,22,24-26,35H,10-14,32H2,(H2,33,40)(H,34,36)(H,37,42)(H,38,41)(H,39,43)(H,44,45). The van der Waals surface area contributed by atoms with Crippen molar-refractivity contribution in [3.8, 4) is 0 Å². The minimum atomic E-state index is -1.41. The third kappa shape index (κ3) is 9.24. The normalized spacial score (nSPS) is 13.7. The molecule has 0 aliphatic carbocycles. The van der Waals surface area contributed by atoms with Gasteiger partial charge in [0.1, 0.15) is 18.1 Å². The number of para-hydroxylation sites is 1. The fourth-order valence-corrected chi connectivity index (χ4v) is 4.88. The number of aliphatic carboxylic acids is 1. The molecule has 4 amide bonds. The van der Waals surface area contributed by atoms with Crippen molar-refractivity contribution in [2.45, 2.75) is 56.3 Å². The molecule has 0 bridgehead atoms. The van der Waals surface area contributed by atoms with Gasteiger partial charge in [0.05, 0.1) is 12.4 Å². The van der Waals surface area contributed by atoms with Crippen LogP contribution in [0.15, 0.2) is 73.3 Å². The summed E-state index contributed by atoms with van der Waals surface area (Å²) in [7, 11) is 0. The van der Waals surface area contributed by atoms with E-state index < -0.39 is 53.8 Å². The van der Waals surface area contributed by atoms with Crippen molar-refractivity contribution in [2.24, 2.45) is 11.5 Å². The smallest absolute Gasteiger partial charge is 0.326 e. The van der Waals surface area contributed by atoms with Crippen molar-refractivity contribution < 1.29 is 29.1 Å². The summed E-state index contributed by atoms with van der Waals surface area (Å²) in [5.74, 6) is -4.12. The molecule has 2 aromatic carbocycles. The average Bonchev–Trinajstić information content (AvgIpc) is 3.68.